The third-order valence-corrected chi connectivity index (χ3v) is 6.00. The van der Waals surface area contributed by atoms with Gasteiger partial charge < -0.3 is 4.74 Å². The van der Waals surface area contributed by atoms with E-state index in [1.165, 1.54) is 62.7 Å². The Morgan fingerprint density at radius 2 is 1.70 bits per heavy atom. The van der Waals surface area contributed by atoms with Crippen molar-refractivity contribution in [1.29, 1.82) is 0 Å². The molecule has 2 fully saturated rings. The predicted molar refractivity (Wildman–Crippen MR) is 97.8 cm³/mol. The highest BCUT2D eigenvalue weighted by atomic mass is 35.5. The Morgan fingerprint density at radius 3 is 2.26 bits per heavy atom. The van der Waals surface area contributed by atoms with E-state index >= 15 is 0 Å². The number of fused-ring (bicyclic) bond motifs is 1. The van der Waals surface area contributed by atoms with Crippen molar-refractivity contribution >= 4 is 12.4 Å². The molecule has 3 aliphatic rings. The molecule has 23 heavy (non-hydrogen) atoms. The van der Waals surface area contributed by atoms with Crippen LogP contribution >= 0.6 is 12.4 Å². The van der Waals surface area contributed by atoms with E-state index in [4.69, 9.17) is 4.74 Å². The van der Waals surface area contributed by atoms with Crippen LogP contribution in [0, 0.1) is 11.8 Å². The molecule has 0 spiro atoms. The monoisotopic (exact) mass is 335 g/mol. The van der Waals surface area contributed by atoms with Crippen LogP contribution in [0.3, 0.4) is 0 Å². The highest BCUT2D eigenvalue weighted by molar-refractivity contribution is 5.85. The maximum absolute atomic E-state index is 5.59. The second kappa shape index (κ2) is 7.03. The first-order valence-corrected chi connectivity index (χ1v) is 9.16. The Labute approximate surface area is 147 Å². The van der Waals surface area contributed by atoms with E-state index in [2.05, 4.69) is 30.0 Å². The third-order valence-electron chi connectivity index (χ3n) is 6.00. The molecule has 2 unspecified atom stereocenters. The molecule has 0 heterocycles. The zero-order chi connectivity index (χ0) is 15.1. The summed E-state index contributed by atoms with van der Waals surface area (Å²) in [5.41, 5.74) is 3.00. The maximum atomic E-state index is 5.59. The van der Waals surface area contributed by atoms with Crippen molar-refractivity contribution in [1.82, 2.24) is 4.90 Å². The highest BCUT2D eigenvalue weighted by Crippen LogP contribution is 2.42. The minimum Gasteiger partial charge on any atom is -0.496 e. The van der Waals surface area contributed by atoms with E-state index in [0.717, 1.165) is 23.6 Å². The van der Waals surface area contributed by atoms with E-state index in [-0.39, 0.29) is 12.4 Å². The summed E-state index contributed by atoms with van der Waals surface area (Å²) in [5.74, 6) is 3.73. The fourth-order valence-electron chi connectivity index (χ4n) is 4.33. The lowest BCUT2D eigenvalue weighted by Gasteiger charge is -2.40. The van der Waals surface area contributed by atoms with Crippen molar-refractivity contribution in [2.24, 2.45) is 11.8 Å². The smallest absolute Gasteiger partial charge is 0.122 e. The van der Waals surface area contributed by atoms with Crippen LogP contribution in [0.2, 0.25) is 0 Å². The fourth-order valence-corrected chi connectivity index (χ4v) is 4.33. The Morgan fingerprint density at radius 1 is 1.04 bits per heavy atom. The molecule has 1 aromatic rings. The quantitative estimate of drug-likeness (QED) is 0.749. The molecule has 2 saturated carbocycles. The summed E-state index contributed by atoms with van der Waals surface area (Å²) in [6.45, 7) is 5.14. The fraction of sp³-hybridized carbons (Fsp3) is 0.700. The number of methoxy groups -OCH3 is 1. The van der Waals surface area contributed by atoms with Crippen molar-refractivity contribution in [2.75, 3.05) is 20.2 Å². The average molecular weight is 336 g/mol. The molecule has 0 radical (unpaired) electrons. The largest absolute Gasteiger partial charge is 0.496 e. The number of benzene rings is 1. The first-order chi connectivity index (χ1) is 10.8. The van der Waals surface area contributed by atoms with Gasteiger partial charge in [0.05, 0.1) is 7.11 Å². The van der Waals surface area contributed by atoms with Crippen LogP contribution in [-0.4, -0.2) is 31.1 Å². The van der Waals surface area contributed by atoms with Crippen LogP contribution in [-0.2, 0) is 6.42 Å². The van der Waals surface area contributed by atoms with E-state index in [0.29, 0.717) is 5.92 Å². The van der Waals surface area contributed by atoms with Gasteiger partial charge in [0.15, 0.2) is 0 Å². The van der Waals surface area contributed by atoms with Gasteiger partial charge in [-0.05, 0) is 73.5 Å². The topological polar surface area (TPSA) is 12.5 Å². The van der Waals surface area contributed by atoms with Gasteiger partial charge in [0.25, 0.3) is 0 Å². The Hall–Kier alpha value is -0.730. The average Bonchev–Trinajstić information content (AvgIpc) is 3.43. The Kier molecular flexibility index (Phi) is 5.22. The van der Waals surface area contributed by atoms with Crippen molar-refractivity contribution in [3.05, 3.63) is 29.3 Å². The lowest BCUT2D eigenvalue weighted by atomic mass is 9.79. The molecule has 4 rings (SSSR count). The molecule has 3 aliphatic carbocycles. The van der Waals surface area contributed by atoms with E-state index in [9.17, 15) is 0 Å². The zero-order valence-electron chi connectivity index (χ0n) is 14.5. The highest BCUT2D eigenvalue weighted by Gasteiger charge is 2.37. The summed E-state index contributed by atoms with van der Waals surface area (Å²) in [6.07, 6.45) is 8.34. The number of hydrogen-bond donors (Lipinski definition) is 0. The normalized spacial score (nSPS) is 26.6. The van der Waals surface area contributed by atoms with Gasteiger partial charge >= 0.3 is 0 Å². The predicted octanol–water partition coefficient (Wildman–Crippen LogP) is 4.66. The molecule has 0 aliphatic heterocycles. The molecule has 1 aromatic carbocycles. The van der Waals surface area contributed by atoms with Crippen LogP contribution < -0.4 is 4.74 Å². The van der Waals surface area contributed by atoms with Gasteiger partial charge in [0, 0.05) is 19.1 Å². The summed E-state index contributed by atoms with van der Waals surface area (Å²) in [5, 5.41) is 0. The molecule has 0 bridgehead atoms. The molecule has 3 heteroatoms. The molecule has 0 amide bonds. The standard InChI is InChI=1S/C20H29NO.ClH/c1-14-17-4-3-5-20(22-2)18(17)10-11-19(14)21(12-15-6-7-15)13-16-8-9-16;/h3-5,14-16,19H,6-13H2,1-2H3;1H. The molecular formula is C20H30ClNO. The first kappa shape index (κ1) is 17.1. The van der Waals surface area contributed by atoms with Gasteiger partial charge in [-0.2, -0.15) is 0 Å². The van der Waals surface area contributed by atoms with Crippen molar-refractivity contribution in [3.8, 4) is 5.75 Å². The number of ether oxygens (including phenoxy) is 1. The van der Waals surface area contributed by atoms with Gasteiger partial charge in [0.1, 0.15) is 5.75 Å². The molecule has 128 valence electrons. The van der Waals surface area contributed by atoms with Gasteiger partial charge in [-0.25, -0.2) is 0 Å². The van der Waals surface area contributed by atoms with Crippen LogP contribution in [0.4, 0.5) is 0 Å². The number of halogens is 1. The summed E-state index contributed by atoms with van der Waals surface area (Å²) >= 11 is 0. The molecule has 0 N–H and O–H groups in total. The zero-order valence-corrected chi connectivity index (χ0v) is 15.3. The third kappa shape index (κ3) is 3.69. The van der Waals surface area contributed by atoms with Crippen molar-refractivity contribution in [2.45, 2.75) is 57.4 Å². The number of hydrogen-bond acceptors (Lipinski definition) is 2. The van der Waals surface area contributed by atoms with Crippen molar-refractivity contribution in [3.63, 3.8) is 0 Å². The summed E-state index contributed by atoms with van der Waals surface area (Å²) in [6, 6.07) is 7.36. The molecule has 0 saturated heterocycles. The molecular weight excluding hydrogens is 306 g/mol. The Balaban J connectivity index is 0.00000156. The van der Waals surface area contributed by atoms with Gasteiger partial charge in [-0.3, -0.25) is 4.90 Å². The number of nitrogens with zero attached hydrogens (tertiary/aromatic N) is 1. The molecule has 0 aromatic heterocycles. The summed E-state index contributed by atoms with van der Waals surface area (Å²) in [4.78, 5) is 2.86. The number of rotatable bonds is 6. The van der Waals surface area contributed by atoms with Gasteiger partial charge in [0.2, 0.25) is 0 Å². The summed E-state index contributed by atoms with van der Waals surface area (Å²) < 4.78 is 5.59. The van der Waals surface area contributed by atoms with E-state index < -0.39 is 0 Å². The minimum atomic E-state index is 0. The first-order valence-electron chi connectivity index (χ1n) is 9.16. The maximum Gasteiger partial charge on any atom is 0.122 e. The van der Waals surface area contributed by atoms with Gasteiger partial charge in [-0.1, -0.05) is 19.1 Å². The lowest BCUT2D eigenvalue weighted by Crippen LogP contribution is -2.43. The SMILES string of the molecule is COc1cccc2c1CCC(N(CC1CC1)CC1CC1)C2C.Cl. The molecule has 2 nitrogen and oxygen atoms in total. The van der Waals surface area contributed by atoms with E-state index in [1.807, 2.05) is 0 Å². The van der Waals surface area contributed by atoms with Crippen LogP contribution in [0.5, 0.6) is 5.75 Å². The minimum absolute atomic E-state index is 0. The van der Waals surface area contributed by atoms with E-state index in [1.54, 1.807) is 7.11 Å². The second-order valence-corrected chi connectivity index (χ2v) is 7.76. The van der Waals surface area contributed by atoms with Crippen molar-refractivity contribution < 1.29 is 4.74 Å². The van der Waals surface area contributed by atoms with Crippen LogP contribution in [0.1, 0.15) is 56.1 Å². The molecule has 2 atom stereocenters. The lowest BCUT2D eigenvalue weighted by molar-refractivity contribution is 0.145. The van der Waals surface area contributed by atoms with Gasteiger partial charge in [-0.15, -0.1) is 12.4 Å². The Bertz CT molecular complexity index is 524. The summed E-state index contributed by atoms with van der Waals surface area (Å²) in [7, 11) is 1.80. The second-order valence-electron chi connectivity index (χ2n) is 7.76. The van der Waals surface area contributed by atoms with Crippen LogP contribution in [0.25, 0.3) is 0 Å². The van der Waals surface area contributed by atoms with Crippen LogP contribution in [0.15, 0.2) is 18.2 Å².